The van der Waals surface area contributed by atoms with Gasteiger partial charge in [0, 0.05) is 25.5 Å². The second kappa shape index (κ2) is 6.34. The molecule has 2 rings (SSSR count). The zero-order chi connectivity index (χ0) is 13.0. The number of hydrogen-bond donors (Lipinski definition) is 1. The van der Waals surface area contributed by atoms with Crippen molar-refractivity contribution in [3.05, 3.63) is 18.2 Å². The van der Waals surface area contributed by atoms with Gasteiger partial charge in [-0.15, -0.1) is 0 Å². The van der Waals surface area contributed by atoms with E-state index in [1.165, 1.54) is 32.5 Å². The quantitative estimate of drug-likeness (QED) is 0.862. The molecule has 1 aliphatic heterocycles. The van der Waals surface area contributed by atoms with Crippen LogP contribution in [-0.2, 0) is 13.6 Å². The van der Waals surface area contributed by atoms with Gasteiger partial charge in [0.2, 0.25) is 0 Å². The molecule has 18 heavy (non-hydrogen) atoms. The minimum Gasteiger partial charge on any atom is -0.337 e. The third-order valence-electron chi connectivity index (χ3n) is 4.29. The molecule has 0 radical (unpaired) electrons. The Balaban J connectivity index is 1.75. The Morgan fingerprint density at radius 3 is 2.72 bits per heavy atom. The molecule has 0 amide bonds. The first-order valence-corrected chi connectivity index (χ1v) is 7.12. The van der Waals surface area contributed by atoms with E-state index < -0.39 is 0 Å². The maximum atomic E-state index is 4.35. The number of imidazole rings is 1. The summed E-state index contributed by atoms with van der Waals surface area (Å²) in [5.41, 5.74) is 0. The number of nitrogens with zero attached hydrogens (tertiary/aromatic N) is 3. The second-order valence-corrected chi connectivity index (χ2v) is 5.40. The van der Waals surface area contributed by atoms with Crippen LogP contribution in [0.4, 0.5) is 0 Å². The van der Waals surface area contributed by atoms with Crippen LogP contribution in [0, 0.1) is 5.92 Å². The zero-order valence-corrected chi connectivity index (χ0v) is 11.9. The lowest BCUT2D eigenvalue weighted by molar-refractivity contribution is 0.168. The van der Waals surface area contributed by atoms with Gasteiger partial charge in [0.25, 0.3) is 0 Å². The summed E-state index contributed by atoms with van der Waals surface area (Å²) in [7, 11) is 2.05. The molecule has 0 bridgehead atoms. The average Bonchev–Trinajstić information content (AvgIpc) is 2.81. The maximum absolute atomic E-state index is 4.35. The fraction of sp³-hybridized carbons (Fsp3) is 0.786. The summed E-state index contributed by atoms with van der Waals surface area (Å²) in [6.07, 6.45) is 6.51. The van der Waals surface area contributed by atoms with Gasteiger partial charge in [-0.1, -0.05) is 6.92 Å². The highest BCUT2D eigenvalue weighted by molar-refractivity contribution is 4.91. The van der Waals surface area contributed by atoms with E-state index in [0.717, 1.165) is 18.3 Å². The first kappa shape index (κ1) is 13.6. The van der Waals surface area contributed by atoms with Crippen LogP contribution < -0.4 is 5.32 Å². The predicted molar refractivity (Wildman–Crippen MR) is 74.3 cm³/mol. The molecule has 1 fully saturated rings. The second-order valence-electron chi connectivity index (χ2n) is 5.40. The SMILES string of the molecule is CCN1CCC(C(C)NCc2nccn2C)CC1. The first-order chi connectivity index (χ1) is 8.70. The van der Waals surface area contributed by atoms with Crippen molar-refractivity contribution in [3.8, 4) is 0 Å². The maximum Gasteiger partial charge on any atom is 0.122 e. The fourth-order valence-corrected chi connectivity index (χ4v) is 2.75. The third-order valence-corrected chi connectivity index (χ3v) is 4.29. The molecule has 4 nitrogen and oxygen atoms in total. The Morgan fingerprint density at radius 2 is 2.17 bits per heavy atom. The van der Waals surface area contributed by atoms with Crippen molar-refractivity contribution < 1.29 is 0 Å². The Hall–Kier alpha value is -0.870. The number of piperidine rings is 1. The van der Waals surface area contributed by atoms with Gasteiger partial charge in [-0.3, -0.25) is 0 Å². The van der Waals surface area contributed by atoms with Crippen LogP contribution in [0.5, 0.6) is 0 Å². The zero-order valence-electron chi connectivity index (χ0n) is 11.9. The average molecular weight is 250 g/mol. The highest BCUT2D eigenvalue weighted by atomic mass is 15.1. The fourth-order valence-electron chi connectivity index (χ4n) is 2.75. The van der Waals surface area contributed by atoms with E-state index in [-0.39, 0.29) is 0 Å². The lowest BCUT2D eigenvalue weighted by atomic mass is 9.90. The monoisotopic (exact) mass is 250 g/mol. The van der Waals surface area contributed by atoms with E-state index in [0.29, 0.717) is 6.04 Å². The summed E-state index contributed by atoms with van der Waals surface area (Å²) in [5, 5.41) is 3.63. The number of aromatic nitrogens is 2. The van der Waals surface area contributed by atoms with Gasteiger partial charge in [0.15, 0.2) is 0 Å². The number of rotatable bonds is 5. The van der Waals surface area contributed by atoms with Crippen LogP contribution in [0.15, 0.2) is 12.4 Å². The van der Waals surface area contributed by atoms with Crippen molar-refractivity contribution in [2.75, 3.05) is 19.6 Å². The van der Waals surface area contributed by atoms with Gasteiger partial charge in [-0.05, 0) is 45.3 Å². The Morgan fingerprint density at radius 1 is 1.44 bits per heavy atom. The summed E-state index contributed by atoms with van der Waals surface area (Å²) in [4.78, 5) is 6.89. The predicted octanol–water partition coefficient (Wildman–Crippen LogP) is 1.63. The van der Waals surface area contributed by atoms with Gasteiger partial charge in [-0.2, -0.15) is 0 Å². The van der Waals surface area contributed by atoms with E-state index in [1.807, 2.05) is 12.4 Å². The van der Waals surface area contributed by atoms with Gasteiger partial charge in [0.1, 0.15) is 5.82 Å². The summed E-state index contributed by atoms with van der Waals surface area (Å²) in [6.45, 7) is 9.16. The van der Waals surface area contributed by atoms with Gasteiger partial charge in [0.05, 0.1) is 6.54 Å². The van der Waals surface area contributed by atoms with Gasteiger partial charge < -0.3 is 14.8 Å². The molecule has 1 saturated heterocycles. The van der Waals surface area contributed by atoms with Crippen molar-refractivity contribution in [2.24, 2.45) is 13.0 Å². The van der Waals surface area contributed by atoms with E-state index in [1.54, 1.807) is 0 Å². The highest BCUT2D eigenvalue weighted by Gasteiger charge is 2.22. The standard InChI is InChI=1S/C14H26N4/c1-4-18-8-5-13(6-9-18)12(2)16-11-14-15-7-10-17(14)3/h7,10,12-13,16H,4-6,8-9,11H2,1-3H3. The van der Waals surface area contributed by atoms with Crippen LogP contribution >= 0.6 is 0 Å². The largest absolute Gasteiger partial charge is 0.337 e. The van der Waals surface area contributed by atoms with Crippen LogP contribution in [0.2, 0.25) is 0 Å². The van der Waals surface area contributed by atoms with Crippen LogP contribution in [0.3, 0.4) is 0 Å². The van der Waals surface area contributed by atoms with E-state index in [4.69, 9.17) is 0 Å². The molecule has 1 unspecified atom stereocenters. The van der Waals surface area contributed by atoms with E-state index in [9.17, 15) is 0 Å². The topological polar surface area (TPSA) is 33.1 Å². The van der Waals surface area contributed by atoms with E-state index in [2.05, 4.69) is 40.7 Å². The van der Waals surface area contributed by atoms with Crippen molar-refractivity contribution in [1.29, 1.82) is 0 Å². The van der Waals surface area contributed by atoms with Crippen molar-refractivity contribution in [2.45, 2.75) is 39.3 Å². The van der Waals surface area contributed by atoms with Gasteiger partial charge in [-0.25, -0.2) is 4.98 Å². The number of aryl methyl sites for hydroxylation is 1. The smallest absolute Gasteiger partial charge is 0.122 e. The van der Waals surface area contributed by atoms with Crippen molar-refractivity contribution in [1.82, 2.24) is 19.8 Å². The number of nitrogens with one attached hydrogen (secondary N) is 1. The third kappa shape index (κ3) is 3.33. The highest BCUT2D eigenvalue weighted by Crippen LogP contribution is 2.20. The molecule has 102 valence electrons. The first-order valence-electron chi connectivity index (χ1n) is 7.12. The van der Waals surface area contributed by atoms with Crippen LogP contribution in [0.1, 0.15) is 32.5 Å². The van der Waals surface area contributed by atoms with Crippen LogP contribution in [-0.4, -0.2) is 40.1 Å². The molecule has 2 heterocycles. The van der Waals surface area contributed by atoms with Gasteiger partial charge >= 0.3 is 0 Å². The lowest BCUT2D eigenvalue weighted by Crippen LogP contribution is -2.41. The molecule has 1 aliphatic rings. The number of likely N-dealkylation sites (tertiary alicyclic amines) is 1. The number of hydrogen-bond acceptors (Lipinski definition) is 3. The Labute approximate surface area is 110 Å². The van der Waals surface area contributed by atoms with E-state index >= 15 is 0 Å². The molecule has 1 aromatic heterocycles. The molecule has 0 aliphatic carbocycles. The summed E-state index contributed by atoms with van der Waals surface area (Å²) >= 11 is 0. The molecule has 0 spiro atoms. The Bertz CT molecular complexity index is 352. The molecular weight excluding hydrogens is 224 g/mol. The normalized spacial score (nSPS) is 20.2. The Kier molecular flexibility index (Phi) is 4.78. The molecule has 4 heteroatoms. The minimum atomic E-state index is 0.584. The molecule has 1 aromatic rings. The van der Waals surface area contributed by atoms with Crippen molar-refractivity contribution in [3.63, 3.8) is 0 Å². The molecule has 1 N–H and O–H groups in total. The minimum absolute atomic E-state index is 0.584. The summed E-state index contributed by atoms with van der Waals surface area (Å²) in [5.74, 6) is 1.93. The van der Waals surface area contributed by atoms with Crippen molar-refractivity contribution >= 4 is 0 Å². The lowest BCUT2D eigenvalue weighted by Gasteiger charge is -2.34. The molecule has 0 aromatic carbocycles. The molecular formula is C14H26N4. The van der Waals surface area contributed by atoms with Crippen LogP contribution in [0.25, 0.3) is 0 Å². The summed E-state index contributed by atoms with van der Waals surface area (Å²) in [6, 6.07) is 0.584. The summed E-state index contributed by atoms with van der Waals surface area (Å²) < 4.78 is 2.08. The molecule has 0 saturated carbocycles. The molecule has 1 atom stereocenters.